The first kappa shape index (κ1) is 20.7. The number of thiophene rings is 1. The summed E-state index contributed by atoms with van der Waals surface area (Å²) in [5.41, 5.74) is 1.35. The van der Waals surface area contributed by atoms with Gasteiger partial charge in [-0.25, -0.2) is 0 Å². The molecule has 0 aliphatic carbocycles. The van der Waals surface area contributed by atoms with Gasteiger partial charge in [0.1, 0.15) is 0 Å². The number of hydrogen-bond acceptors (Lipinski definition) is 3. The van der Waals surface area contributed by atoms with Gasteiger partial charge in [-0.15, -0.1) is 24.0 Å². The Bertz CT molecular complexity index is 449. The Labute approximate surface area is 162 Å². The second-order valence-corrected chi connectivity index (χ2v) is 6.74. The topological polar surface area (TPSA) is 30.9 Å². The van der Waals surface area contributed by atoms with Gasteiger partial charge < -0.3 is 10.2 Å². The highest BCUT2D eigenvalue weighted by molar-refractivity contribution is 14.0. The standard InChI is InChI=1S/C17H30N4S.HI/c1-4-18-17(20(3)13-15-9-11-22-14-15)19-12-16-8-6-7-10-21(16)5-2;/h9,11,14,16H,4-8,10,12-13H2,1-3H3,(H,18,19);1H. The molecule has 1 aromatic rings. The molecule has 6 heteroatoms. The zero-order valence-corrected chi connectivity index (χ0v) is 17.8. The maximum atomic E-state index is 4.91. The highest BCUT2D eigenvalue weighted by atomic mass is 127. The van der Waals surface area contributed by atoms with Gasteiger partial charge in [-0.3, -0.25) is 9.89 Å². The maximum absolute atomic E-state index is 4.91. The number of piperidine rings is 1. The summed E-state index contributed by atoms with van der Waals surface area (Å²) in [6.45, 7) is 9.50. The van der Waals surface area contributed by atoms with E-state index < -0.39 is 0 Å². The Morgan fingerprint density at radius 1 is 1.43 bits per heavy atom. The molecule has 2 rings (SSSR count). The molecule has 132 valence electrons. The van der Waals surface area contributed by atoms with Crippen LogP contribution in [-0.4, -0.2) is 55.0 Å². The van der Waals surface area contributed by atoms with E-state index in [0.29, 0.717) is 6.04 Å². The Morgan fingerprint density at radius 3 is 2.91 bits per heavy atom. The van der Waals surface area contributed by atoms with Crippen molar-refractivity contribution >= 4 is 41.3 Å². The summed E-state index contributed by atoms with van der Waals surface area (Å²) < 4.78 is 0. The van der Waals surface area contributed by atoms with Gasteiger partial charge >= 0.3 is 0 Å². The summed E-state index contributed by atoms with van der Waals surface area (Å²) in [5.74, 6) is 1.02. The van der Waals surface area contributed by atoms with Crippen LogP contribution in [-0.2, 0) is 6.54 Å². The summed E-state index contributed by atoms with van der Waals surface area (Å²) in [7, 11) is 2.12. The molecule has 1 atom stereocenters. The molecule has 1 N–H and O–H groups in total. The third kappa shape index (κ3) is 6.58. The van der Waals surface area contributed by atoms with Gasteiger partial charge in [0.15, 0.2) is 5.96 Å². The zero-order valence-electron chi connectivity index (χ0n) is 14.6. The molecule has 1 unspecified atom stereocenters. The summed E-state index contributed by atoms with van der Waals surface area (Å²) in [6, 6.07) is 2.80. The average Bonchev–Trinajstić information content (AvgIpc) is 3.04. The minimum absolute atomic E-state index is 0. The van der Waals surface area contributed by atoms with Gasteiger partial charge in [0, 0.05) is 26.2 Å². The van der Waals surface area contributed by atoms with Crippen molar-refractivity contribution in [2.24, 2.45) is 4.99 Å². The second-order valence-electron chi connectivity index (χ2n) is 5.96. The molecule has 1 fully saturated rings. The molecule has 23 heavy (non-hydrogen) atoms. The van der Waals surface area contributed by atoms with Crippen LogP contribution in [0.15, 0.2) is 21.8 Å². The number of hydrogen-bond donors (Lipinski definition) is 1. The zero-order chi connectivity index (χ0) is 15.8. The molecule has 1 saturated heterocycles. The van der Waals surface area contributed by atoms with Crippen molar-refractivity contribution in [1.82, 2.24) is 15.1 Å². The van der Waals surface area contributed by atoms with Crippen LogP contribution < -0.4 is 5.32 Å². The summed E-state index contributed by atoms with van der Waals surface area (Å²) >= 11 is 1.75. The van der Waals surface area contributed by atoms with Gasteiger partial charge in [-0.1, -0.05) is 13.3 Å². The molecule has 1 aliphatic rings. The van der Waals surface area contributed by atoms with Gasteiger partial charge in [0.25, 0.3) is 0 Å². The molecule has 0 bridgehead atoms. The fourth-order valence-electron chi connectivity index (χ4n) is 3.08. The number of guanidine groups is 1. The lowest BCUT2D eigenvalue weighted by molar-refractivity contribution is 0.161. The number of rotatable bonds is 6. The van der Waals surface area contributed by atoms with Gasteiger partial charge in [-0.05, 0) is 55.2 Å². The van der Waals surface area contributed by atoms with E-state index in [1.54, 1.807) is 11.3 Å². The van der Waals surface area contributed by atoms with Crippen LogP contribution in [0.3, 0.4) is 0 Å². The molecule has 0 aromatic carbocycles. The van der Waals surface area contributed by atoms with Crippen molar-refractivity contribution < 1.29 is 0 Å². The second kappa shape index (κ2) is 11.3. The van der Waals surface area contributed by atoms with Crippen molar-refractivity contribution in [1.29, 1.82) is 0 Å². The van der Waals surface area contributed by atoms with Crippen LogP contribution in [0.1, 0.15) is 38.7 Å². The Balaban J connectivity index is 0.00000264. The minimum Gasteiger partial charge on any atom is -0.357 e. The predicted octanol–water partition coefficient (Wildman–Crippen LogP) is 3.64. The summed E-state index contributed by atoms with van der Waals surface area (Å²) in [5, 5.41) is 7.77. The lowest BCUT2D eigenvalue weighted by atomic mass is 10.0. The fraction of sp³-hybridized carbons (Fsp3) is 0.706. The number of likely N-dealkylation sites (N-methyl/N-ethyl adjacent to an activating group) is 1. The third-order valence-corrected chi connectivity index (χ3v) is 5.04. The van der Waals surface area contributed by atoms with Crippen molar-refractivity contribution in [3.05, 3.63) is 22.4 Å². The van der Waals surface area contributed by atoms with Crippen LogP contribution >= 0.6 is 35.3 Å². The molecule has 2 heterocycles. The summed E-state index contributed by atoms with van der Waals surface area (Å²) in [6.07, 6.45) is 3.97. The lowest BCUT2D eigenvalue weighted by Crippen LogP contribution is -2.43. The van der Waals surface area contributed by atoms with E-state index >= 15 is 0 Å². The van der Waals surface area contributed by atoms with Crippen molar-refractivity contribution in [2.75, 3.05) is 33.2 Å². The molecular formula is C17H31IN4S. The van der Waals surface area contributed by atoms with Crippen LogP contribution in [0.2, 0.25) is 0 Å². The maximum Gasteiger partial charge on any atom is 0.194 e. The van der Waals surface area contributed by atoms with Crippen LogP contribution in [0, 0.1) is 0 Å². The molecular weight excluding hydrogens is 419 g/mol. The van der Waals surface area contributed by atoms with Crippen LogP contribution in [0.4, 0.5) is 0 Å². The fourth-order valence-corrected chi connectivity index (χ4v) is 3.74. The first-order valence-electron chi connectivity index (χ1n) is 8.49. The number of nitrogens with one attached hydrogen (secondary N) is 1. The van der Waals surface area contributed by atoms with Gasteiger partial charge in [0.2, 0.25) is 0 Å². The van der Waals surface area contributed by atoms with E-state index in [2.05, 4.69) is 52.8 Å². The smallest absolute Gasteiger partial charge is 0.194 e. The molecule has 1 aliphatic heterocycles. The quantitative estimate of drug-likeness (QED) is 0.408. The predicted molar refractivity (Wildman–Crippen MR) is 112 cm³/mol. The molecule has 0 spiro atoms. The number of aliphatic imine (C=N–C) groups is 1. The Hall–Kier alpha value is -0.340. The molecule has 0 saturated carbocycles. The van der Waals surface area contributed by atoms with Crippen molar-refractivity contribution in [3.8, 4) is 0 Å². The van der Waals surface area contributed by atoms with Gasteiger partial charge in [-0.2, -0.15) is 11.3 Å². The SMILES string of the molecule is CCNC(=NCC1CCCCN1CC)N(C)Cc1ccsc1.I. The summed E-state index contributed by atoms with van der Waals surface area (Å²) in [4.78, 5) is 9.71. The third-order valence-electron chi connectivity index (χ3n) is 4.30. The highest BCUT2D eigenvalue weighted by Crippen LogP contribution is 2.17. The highest BCUT2D eigenvalue weighted by Gasteiger charge is 2.20. The number of halogens is 1. The van der Waals surface area contributed by atoms with E-state index in [9.17, 15) is 0 Å². The largest absolute Gasteiger partial charge is 0.357 e. The first-order valence-corrected chi connectivity index (χ1v) is 9.43. The molecule has 0 radical (unpaired) electrons. The monoisotopic (exact) mass is 450 g/mol. The number of nitrogens with zero attached hydrogens (tertiary/aromatic N) is 3. The Morgan fingerprint density at radius 2 is 2.26 bits per heavy atom. The number of likely N-dealkylation sites (tertiary alicyclic amines) is 1. The van der Waals surface area contributed by atoms with E-state index in [1.165, 1.54) is 31.4 Å². The van der Waals surface area contributed by atoms with Crippen molar-refractivity contribution in [2.45, 2.75) is 45.7 Å². The molecule has 0 amide bonds. The first-order chi connectivity index (χ1) is 10.7. The normalized spacial score (nSPS) is 19.3. The molecule has 4 nitrogen and oxygen atoms in total. The van der Waals surface area contributed by atoms with E-state index in [4.69, 9.17) is 4.99 Å². The average molecular weight is 450 g/mol. The van der Waals surface area contributed by atoms with E-state index in [-0.39, 0.29) is 24.0 Å². The minimum atomic E-state index is 0. The Kier molecular flexibility index (Phi) is 10.1. The molecule has 1 aromatic heterocycles. The van der Waals surface area contributed by atoms with Crippen LogP contribution in [0.5, 0.6) is 0 Å². The van der Waals surface area contributed by atoms with E-state index in [0.717, 1.165) is 32.1 Å². The van der Waals surface area contributed by atoms with E-state index in [1.807, 2.05) is 0 Å². The van der Waals surface area contributed by atoms with Crippen molar-refractivity contribution in [3.63, 3.8) is 0 Å². The van der Waals surface area contributed by atoms with Gasteiger partial charge in [0.05, 0.1) is 6.54 Å². The van der Waals surface area contributed by atoms with Crippen LogP contribution in [0.25, 0.3) is 0 Å². The lowest BCUT2D eigenvalue weighted by Gasteiger charge is -2.34.